The smallest absolute Gasteiger partial charge is 0.262 e. The van der Waals surface area contributed by atoms with Crippen molar-refractivity contribution in [3.63, 3.8) is 0 Å². The predicted octanol–water partition coefficient (Wildman–Crippen LogP) is 4.63. The molecule has 2 aromatic carbocycles. The average Bonchev–Trinajstić information content (AvgIpc) is 3.47. The van der Waals surface area contributed by atoms with Gasteiger partial charge in [-0.3, -0.25) is 9.52 Å². The molecule has 1 fully saturated rings. The number of thioether (sulfide) groups is 1. The second kappa shape index (κ2) is 7.35. The second-order valence-electron chi connectivity index (χ2n) is 7.01. The van der Waals surface area contributed by atoms with E-state index in [0.717, 1.165) is 17.7 Å². The van der Waals surface area contributed by atoms with E-state index in [1.165, 1.54) is 24.3 Å². The van der Waals surface area contributed by atoms with Crippen molar-refractivity contribution in [1.82, 2.24) is 0 Å². The van der Waals surface area contributed by atoms with Crippen LogP contribution in [-0.4, -0.2) is 26.1 Å². The molecule has 2 aliphatic rings. The molecule has 28 heavy (non-hydrogen) atoms. The summed E-state index contributed by atoms with van der Waals surface area (Å²) >= 11 is 4.76. The Morgan fingerprint density at radius 1 is 1.25 bits per heavy atom. The lowest BCUT2D eigenvalue weighted by Gasteiger charge is -2.33. The lowest BCUT2D eigenvalue weighted by Crippen LogP contribution is -2.39. The predicted molar refractivity (Wildman–Crippen MR) is 112 cm³/mol. The molecule has 1 aliphatic carbocycles. The molecule has 5 nitrogen and oxygen atoms in total. The Labute approximate surface area is 175 Å². The van der Waals surface area contributed by atoms with Gasteiger partial charge in [-0.2, -0.15) is 0 Å². The summed E-state index contributed by atoms with van der Waals surface area (Å²) in [5.41, 5.74) is 0.481. The number of sulfonamides is 1. The zero-order chi connectivity index (χ0) is 20.1. The van der Waals surface area contributed by atoms with E-state index >= 15 is 0 Å². The number of carbonyl (C=O) groups excluding carboxylic acids is 1. The number of amides is 1. The lowest BCUT2D eigenvalue weighted by atomic mass is 10.2. The molecule has 148 valence electrons. The minimum Gasteiger partial charge on any atom is -0.310 e. The van der Waals surface area contributed by atoms with Gasteiger partial charge in [0.25, 0.3) is 10.0 Å². The molecular formula is C19H18BrFN2O3S2. The van der Waals surface area contributed by atoms with Gasteiger partial charge in [0.15, 0.2) is 0 Å². The number of nitrogens with zero attached hydrogens (tertiary/aromatic N) is 1. The van der Waals surface area contributed by atoms with Gasteiger partial charge in [-0.15, -0.1) is 11.8 Å². The molecule has 4 rings (SSSR count). The molecule has 0 radical (unpaired) electrons. The first-order valence-corrected chi connectivity index (χ1v) is 12.0. The third-order valence-corrected chi connectivity index (χ3v) is 7.67. The Morgan fingerprint density at radius 3 is 2.68 bits per heavy atom. The summed E-state index contributed by atoms with van der Waals surface area (Å²) in [6.45, 7) is 2.59. The summed E-state index contributed by atoms with van der Waals surface area (Å²) in [4.78, 5) is 15.3. The molecule has 1 amide bonds. The summed E-state index contributed by atoms with van der Waals surface area (Å²) in [7, 11) is -4.00. The fourth-order valence-electron chi connectivity index (χ4n) is 3.12. The number of halogens is 2. The molecule has 0 bridgehead atoms. The van der Waals surface area contributed by atoms with Gasteiger partial charge in [0.1, 0.15) is 5.82 Å². The number of benzene rings is 2. The van der Waals surface area contributed by atoms with E-state index in [0.29, 0.717) is 16.7 Å². The first-order chi connectivity index (χ1) is 13.2. The second-order valence-corrected chi connectivity index (χ2v) is 11.1. The fourth-order valence-corrected chi connectivity index (χ4v) is 5.63. The van der Waals surface area contributed by atoms with Crippen LogP contribution < -0.4 is 9.62 Å². The van der Waals surface area contributed by atoms with Gasteiger partial charge in [-0.1, -0.05) is 22.9 Å². The Hall–Kier alpha value is -1.58. The van der Waals surface area contributed by atoms with E-state index in [1.54, 1.807) is 28.8 Å². The standard InChI is InChI=1S/C19H18BrFN2O3S2/c1-11-10-23(19(24)12-2-3-12)17-9-14(5-7-18(17)27-11)28(25,26)22-16-6-4-13(20)8-15(16)21/h4-9,11-12,22H,2-3,10H2,1H3/t11-/m1/s1. The van der Waals surface area contributed by atoms with E-state index in [9.17, 15) is 17.6 Å². The Balaban J connectivity index is 1.68. The molecular weight excluding hydrogens is 467 g/mol. The molecule has 0 saturated heterocycles. The molecule has 0 aromatic heterocycles. The minimum atomic E-state index is -4.00. The largest absolute Gasteiger partial charge is 0.310 e. The van der Waals surface area contributed by atoms with Crippen molar-refractivity contribution in [2.24, 2.45) is 5.92 Å². The van der Waals surface area contributed by atoms with Gasteiger partial charge in [-0.25, -0.2) is 12.8 Å². The third-order valence-electron chi connectivity index (χ3n) is 4.67. The average molecular weight is 485 g/mol. The lowest BCUT2D eigenvalue weighted by molar-refractivity contribution is -0.119. The molecule has 9 heteroatoms. The quantitative estimate of drug-likeness (QED) is 0.686. The van der Waals surface area contributed by atoms with Gasteiger partial charge in [-0.05, 0) is 49.2 Å². The van der Waals surface area contributed by atoms with Crippen molar-refractivity contribution in [3.05, 3.63) is 46.7 Å². The fraction of sp³-hybridized carbons (Fsp3) is 0.316. The summed E-state index contributed by atoms with van der Waals surface area (Å²) in [6.07, 6.45) is 1.77. The van der Waals surface area contributed by atoms with Gasteiger partial charge in [0, 0.05) is 27.1 Å². The van der Waals surface area contributed by atoms with Crippen LogP contribution in [0.2, 0.25) is 0 Å². The van der Waals surface area contributed by atoms with Crippen molar-refractivity contribution in [2.75, 3.05) is 16.2 Å². The zero-order valence-electron chi connectivity index (χ0n) is 15.0. The first-order valence-electron chi connectivity index (χ1n) is 8.84. The maximum absolute atomic E-state index is 14.1. The van der Waals surface area contributed by atoms with Gasteiger partial charge in [0.2, 0.25) is 5.91 Å². The Kier molecular flexibility index (Phi) is 5.18. The number of hydrogen-bond acceptors (Lipinski definition) is 4. The normalized spacial score (nSPS) is 19.2. The van der Waals surface area contributed by atoms with Crippen LogP contribution in [0.25, 0.3) is 0 Å². The number of rotatable bonds is 4. The number of nitrogens with one attached hydrogen (secondary N) is 1. The van der Waals surface area contributed by atoms with Gasteiger partial charge in [0.05, 0.1) is 16.3 Å². The zero-order valence-corrected chi connectivity index (χ0v) is 18.2. The maximum atomic E-state index is 14.1. The van der Waals surface area contributed by atoms with Crippen LogP contribution in [0.15, 0.2) is 50.7 Å². The highest BCUT2D eigenvalue weighted by atomic mass is 79.9. The summed E-state index contributed by atoms with van der Waals surface area (Å²) < 4.78 is 42.5. The number of anilines is 2. The molecule has 1 saturated carbocycles. The summed E-state index contributed by atoms with van der Waals surface area (Å²) in [5.74, 6) is -0.584. The van der Waals surface area contributed by atoms with Crippen molar-refractivity contribution >= 4 is 55.0 Å². The van der Waals surface area contributed by atoms with Crippen molar-refractivity contribution < 1.29 is 17.6 Å². The number of hydrogen-bond donors (Lipinski definition) is 1. The van der Waals surface area contributed by atoms with E-state index in [4.69, 9.17) is 0 Å². The number of carbonyl (C=O) groups is 1. The highest BCUT2D eigenvalue weighted by molar-refractivity contribution is 9.10. The van der Waals surface area contributed by atoms with Crippen LogP contribution >= 0.6 is 27.7 Å². The highest BCUT2D eigenvalue weighted by Crippen LogP contribution is 2.42. The van der Waals surface area contributed by atoms with Crippen molar-refractivity contribution in [3.8, 4) is 0 Å². The summed E-state index contributed by atoms with van der Waals surface area (Å²) in [6, 6.07) is 8.82. The molecule has 1 N–H and O–H groups in total. The minimum absolute atomic E-state index is 0.00248. The topological polar surface area (TPSA) is 66.5 Å². The number of fused-ring (bicyclic) bond motifs is 1. The van der Waals surface area contributed by atoms with Crippen LogP contribution in [0, 0.1) is 11.7 Å². The van der Waals surface area contributed by atoms with E-state index in [2.05, 4.69) is 20.7 Å². The van der Waals surface area contributed by atoms with Crippen LogP contribution in [0.4, 0.5) is 15.8 Å². The molecule has 0 unspecified atom stereocenters. The van der Waals surface area contributed by atoms with Crippen LogP contribution in [0.1, 0.15) is 19.8 Å². The molecule has 2 aromatic rings. The maximum Gasteiger partial charge on any atom is 0.262 e. The third kappa shape index (κ3) is 3.92. The molecule has 0 spiro atoms. The summed E-state index contributed by atoms with van der Waals surface area (Å²) in [5, 5.41) is 0.229. The Morgan fingerprint density at radius 2 is 2.00 bits per heavy atom. The van der Waals surface area contributed by atoms with Crippen LogP contribution in [0.5, 0.6) is 0 Å². The van der Waals surface area contributed by atoms with Gasteiger partial charge >= 0.3 is 0 Å². The van der Waals surface area contributed by atoms with E-state index in [-0.39, 0.29) is 27.7 Å². The molecule has 1 atom stereocenters. The van der Waals surface area contributed by atoms with Crippen LogP contribution in [-0.2, 0) is 14.8 Å². The van der Waals surface area contributed by atoms with Gasteiger partial charge < -0.3 is 4.90 Å². The molecule has 1 aliphatic heterocycles. The SMILES string of the molecule is C[C@@H]1CN(C(=O)C2CC2)c2cc(S(=O)(=O)Nc3ccc(Br)cc3F)ccc2S1. The monoisotopic (exact) mass is 484 g/mol. The van der Waals surface area contributed by atoms with Crippen molar-refractivity contribution in [2.45, 2.75) is 34.8 Å². The Bertz CT molecular complexity index is 1060. The molecule has 1 heterocycles. The van der Waals surface area contributed by atoms with Crippen molar-refractivity contribution in [1.29, 1.82) is 0 Å². The highest BCUT2D eigenvalue weighted by Gasteiger charge is 2.37. The van der Waals surface area contributed by atoms with E-state index < -0.39 is 15.8 Å². The van der Waals surface area contributed by atoms with E-state index in [1.807, 2.05) is 6.92 Å². The van der Waals surface area contributed by atoms with Crippen LogP contribution in [0.3, 0.4) is 0 Å². The first kappa shape index (κ1) is 19.7.